The van der Waals surface area contributed by atoms with Crippen molar-refractivity contribution in [3.05, 3.63) is 41.7 Å². The van der Waals surface area contributed by atoms with Gasteiger partial charge in [-0.05, 0) is 24.1 Å². The van der Waals surface area contributed by atoms with Crippen LogP contribution in [0.15, 0.2) is 35.7 Å². The number of thioether (sulfide) groups is 1. The Morgan fingerprint density at radius 1 is 1.25 bits per heavy atom. The van der Waals surface area contributed by atoms with E-state index in [9.17, 15) is 9.59 Å². The second kappa shape index (κ2) is 8.49. The number of nitrogens with one attached hydrogen (secondary N) is 2. The molecule has 8 heteroatoms. The number of hydrazine groups is 1. The first-order valence-corrected chi connectivity index (χ1v) is 8.65. The summed E-state index contributed by atoms with van der Waals surface area (Å²) < 4.78 is 1.85. The number of nitrogens with zero attached hydrogens (tertiary/aromatic N) is 3. The molecule has 0 fully saturated rings. The zero-order valence-electron chi connectivity index (χ0n) is 13.9. The van der Waals surface area contributed by atoms with E-state index in [4.69, 9.17) is 0 Å². The molecule has 0 aliphatic heterocycles. The molecule has 24 heavy (non-hydrogen) atoms. The zero-order chi connectivity index (χ0) is 17.5. The number of hydrogen-bond acceptors (Lipinski definition) is 5. The molecule has 2 N–H and O–H groups in total. The maximum absolute atomic E-state index is 12.0. The molecule has 1 heterocycles. The molecule has 7 nitrogen and oxygen atoms in total. The molecule has 0 aliphatic rings. The summed E-state index contributed by atoms with van der Waals surface area (Å²) in [5.41, 5.74) is 6.43. The summed E-state index contributed by atoms with van der Waals surface area (Å²) in [6.07, 6.45) is 2.38. The fourth-order valence-corrected chi connectivity index (χ4v) is 2.65. The summed E-state index contributed by atoms with van der Waals surface area (Å²) in [4.78, 5) is 23.7. The predicted octanol–water partition coefficient (Wildman–Crippen LogP) is 1.91. The van der Waals surface area contributed by atoms with E-state index in [2.05, 4.69) is 21.0 Å². The monoisotopic (exact) mass is 347 g/mol. The maximum Gasteiger partial charge on any atom is 0.269 e. The van der Waals surface area contributed by atoms with E-state index in [1.54, 1.807) is 30.2 Å². The van der Waals surface area contributed by atoms with Crippen LogP contribution in [0.3, 0.4) is 0 Å². The Labute approximate surface area is 145 Å². The molecule has 0 spiro atoms. The third-order valence-electron chi connectivity index (χ3n) is 3.61. The Hall–Kier alpha value is -2.35. The van der Waals surface area contributed by atoms with Crippen molar-refractivity contribution in [3.63, 3.8) is 0 Å². The molecule has 0 radical (unpaired) electrons. The number of aromatic nitrogens is 3. The van der Waals surface area contributed by atoms with Gasteiger partial charge in [-0.3, -0.25) is 20.4 Å². The zero-order valence-corrected chi connectivity index (χ0v) is 14.8. The maximum atomic E-state index is 12.0. The molecule has 1 aromatic carbocycles. The lowest BCUT2D eigenvalue weighted by molar-refractivity contribution is -0.125. The van der Waals surface area contributed by atoms with Gasteiger partial charge in [0.15, 0.2) is 5.16 Å². The van der Waals surface area contributed by atoms with Crippen molar-refractivity contribution in [2.75, 3.05) is 0 Å². The highest BCUT2D eigenvalue weighted by molar-refractivity contribution is 7.98. The highest BCUT2D eigenvalue weighted by Gasteiger charge is 2.12. The minimum Gasteiger partial charge on any atom is -0.312 e. The first kappa shape index (κ1) is 18.0. The fourth-order valence-electron chi connectivity index (χ4n) is 1.80. The van der Waals surface area contributed by atoms with Gasteiger partial charge < -0.3 is 4.57 Å². The Kier molecular flexibility index (Phi) is 6.36. The lowest BCUT2D eigenvalue weighted by Gasteiger charge is -2.11. The SMILES string of the molecule is CCC(C)C(=O)NNC(=O)c1ccc(CSc2nncn2C)cc1. The molecule has 0 aliphatic carbocycles. The molecular formula is C16H21N5O2S. The fraction of sp³-hybridized carbons (Fsp3) is 0.375. The van der Waals surface area contributed by atoms with Crippen LogP contribution in [0.5, 0.6) is 0 Å². The topological polar surface area (TPSA) is 88.9 Å². The third kappa shape index (κ3) is 4.82. The second-order valence-electron chi connectivity index (χ2n) is 5.46. The van der Waals surface area contributed by atoms with E-state index in [0.29, 0.717) is 5.56 Å². The molecular weight excluding hydrogens is 326 g/mol. The number of hydrogen-bond donors (Lipinski definition) is 2. The van der Waals surface area contributed by atoms with Crippen molar-refractivity contribution in [3.8, 4) is 0 Å². The van der Waals surface area contributed by atoms with Gasteiger partial charge in [-0.25, -0.2) is 0 Å². The number of amides is 2. The number of benzene rings is 1. The number of rotatable bonds is 6. The van der Waals surface area contributed by atoms with Crippen molar-refractivity contribution in [1.29, 1.82) is 0 Å². The van der Waals surface area contributed by atoms with Crippen LogP contribution >= 0.6 is 11.8 Å². The molecule has 2 rings (SSSR count). The van der Waals surface area contributed by atoms with Crippen LogP contribution in [-0.2, 0) is 17.6 Å². The van der Waals surface area contributed by atoms with Crippen LogP contribution in [0.1, 0.15) is 36.2 Å². The summed E-state index contributed by atoms with van der Waals surface area (Å²) in [5.74, 6) is 0.0751. The van der Waals surface area contributed by atoms with Crippen LogP contribution in [0.25, 0.3) is 0 Å². The van der Waals surface area contributed by atoms with E-state index in [-0.39, 0.29) is 17.7 Å². The predicted molar refractivity (Wildman–Crippen MR) is 92.1 cm³/mol. The van der Waals surface area contributed by atoms with Crippen molar-refractivity contribution >= 4 is 23.6 Å². The average molecular weight is 347 g/mol. The van der Waals surface area contributed by atoms with Gasteiger partial charge in [-0.1, -0.05) is 37.7 Å². The lowest BCUT2D eigenvalue weighted by atomic mass is 10.1. The smallest absolute Gasteiger partial charge is 0.269 e. The molecule has 0 saturated carbocycles. The van der Waals surface area contributed by atoms with Crippen LogP contribution < -0.4 is 10.9 Å². The Bertz CT molecular complexity index is 699. The van der Waals surface area contributed by atoms with Crippen LogP contribution in [0.4, 0.5) is 0 Å². The van der Waals surface area contributed by atoms with Crippen molar-refractivity contribution < 1.29 is 9.59 Å². The Balaban J connectivity index is 1.85. The lowest BCUT2D eigenvalue weighted by Crippen LogP contribution is -2.43. The summed E-state index contributed by atoms with van der Waals surface area (Å²) in [7, 11) is 1.89. The molecule has 1 atom stereocenters. The van der Waals surface area contributed by atoms with E-state index in [1.165, 1.54) is 0 Å². The van der Waals surface area contributed by atoms with E-state index >= 15 is 0 Å². The van der Waals surface area contributed by atoms with Crippen LogP contribution in [0.2, 0.25) is 0 Å². The molecule has 2 amide bonds. The molecule has 128 valence electrons. The van der Waals surface area contributed by atoms with Gasteiger partial charge in [0.1, 0.15) is 6.33 Å². The first-order valence-electron chi connectivity index (χ1n) is 7.67. The molecule has 1 aromatic heterocycles. The normalized spacial score (nSPS) is 11.8. The van der Waals surface area contributed by atoms with Gasteiger partial charge in [0, 0.05) is 24.3 Å². The van der Waals surface area contributed by atoms with Crippen molar-refractivity contribution in [2.45, 2.75) is 31.2 Å². The summed E-state index contributed by atoms with van der Waals surface area (Å²) in [6.45, 7) is 3.73. The van der Waals surface area contributed by atoms with Crippen molar-refractivity contribution in [1.82, 2.24) is 25.6 Å². The number of aryl methyl sites for hydroxylation is 1. The molecule has 1 unspecified atom stereocenters. The number of carbonyl (C=O) groups excluding carboxylic acids is 2. The first-order chi connectivity index (χ1) is 11.5. The minimum atomic E-state index is -0.334. The van der Waals surface area contributed by atoms with E-state index < -0.39 is 0 Å². The summed E-state index contributed by atoms with van der Waals surface area (Å²) in [5, 5.41) is 8.68. The van der Waals surface area contributed by atoms with Gasteiger partial charge in [0.2, 0.25) is 5.91 Å². The van der Waals surface area contributed by atoms with Crippen LogP contribution in [-0.4, -0.2) is 26.6 Å². The summed E-state index contributed by atoms with van der Waals surface area (Å²) in [6, 6.07) is 7.23. The van der Waals surface area contributed by atoms with Gasteiger partial charge in [-0.15, -0.1) is 10.2 Å². The number of carbonyl (C=O) groups is 2. The minimum absolute atomic E-state index is 0.134. The second-order valence-corrected chi connectivity index (χ2v) is 6.41. The van der Waals surface area contributed by atoms with Crippen LogP contribution in [0, 0.1) is 5.92 Å². The molecule has 0 bridgehead atoms. The van der Waals surface area contributed by atoms with E-state index in [0.717, 1.165) is 22.9 Å². The standard InChI is InChI=1S/C16H21N5O2S/c1-4-11(2)14(22)18-19-15(23)13-7-5-12(6-8-13)9-24-16-20-17-10-21(16)3/h5-8,10-11H,4,9H2,1-3H3,(H,18,22)(H,19,23). The highest BCUT2D eigenvalue weighted by Crippen LogP contribution is 2.20. The Morgan fingerprint density at radius 3 is 2.54 bits per heavy atom. The molecule has 2 aromatic rings. The molecule has 0 saturated heterocycles. The Morgan fingerprint density at radius 2 is 1.96 bits per heavy atom. The summed E-state index contributed by atoms with van der Waals surface area (Å²) >= 11 is 1.57. The average Bonchev–Trinajstić information content (AvgIpc) is 3.02. The van der Waals surface area contributed by atoms with Gasteiger partial charge >= 0.3 is 0 Å². The quantitative estimate of drug-likeness (QED) is 0.615. The van der Waals surface area contributed by atoms with E-state index in [1.807, 2.05) is 37.6 Å². The highest BCUT2D eigenvalue weighted by atomic mass is 32.2. The van der Waals surface area contributed by atoms with Gasteiger partial charge in [-0.2, -0.15) is 0 Å². The van der Waals surface area contributed by atoms with Crippen molar-refractivity contribution in [2.24, 2.45) is 13.0 Å². The largest absolute Gasteiger partial charge is 0.312 e. The third-order valence-corrected chi connectivity index (χ3v) is 4.72. The van der Waals surface area contributed by atoms with Gasteiger partial charge in [0.05, 0.1) is 0 Å². The van der Waals surface area contributed by atoms with Gasteiger partial charge in [0.25, 0.3) is 5.91 Å².